The molecule has 0 aliphatic heterocycles. The molecule has 0 spiro atoms. The molecule has 0 saturated carbocycles. The zero-order valence-corrected chi connectivity index (χ0v) is 11.8. The van der Waals surface area contributed by atoms with E-state index in [4.69, 9.17) is 4.74 Å². The summed E-state index contributed by atoms with van der Waals surface area (Å²) in [5.41, 5.74) is 1.23. The van der Waals surface area contributed by atoms with Crippen molar-refractivity contribution in [2.24, 2.45) is 0 Å². The van der Waals surface area contributed by atoms with E-state index in [1.54, 1.807) is 12.1 Å². The maximum absolute atomic E-state index is 13.0. The van der Waals surface area contributed by atoms with Gasteiger partial charge in [-0.05, 0) is 17.7 Å². The van der Waals surface area contributed by atoms with Crippen LogP contribution >= 0.6 is 15.9 Å². The quantitative estimate of drug-likeness (QED) is 0.473. The van der Waals surface area contributed by atoms with Crippen LogP contribution in [-0.4, -0.2) is 9.91 Å². The Labute approximate surface area is 122 Å². The molecule has 1 aromatic heterocycles. The zero-order chi connectivity index (χ0) is 14.5. The first-order valence-corrected chi connectivity index (χ1v) is 6.78. The summed E-state index contributed by atoms with van der Waals surface area (Å²) in [6.07, 6.45) is 2.53. The van der Waals surface area contributed by atoms with E-state index in [1.807, 2.05) is 0 Å². The Kier molecular flexibility index (Phi) is 4.62. The summed E-state index contributed by atoms with van der Waals surface area (Å²) in [4.78, 5) is 14.1. The van der Waals surface area contributed by atoms with Gasteiger partial charge in [-0.25, -0.2) is 4.39 Å². The number of benzene rings is 1. The minimum atomic E-state index is -0.517. The molecule has 0 aliphatic carbocycles. The summed E-state index contributed by atoms with van der Waals surface area (Å²) in [5.74, 6) is -0.328. The van der Waals surface area contributed by atoms with E-state index in [0.717, 1.165) is 11.8 Å². The van der Waals surface area contributed by atoms with Crippen LogP contribution in [0.2, 0.25) is 0 Å². The van der Waals surface area contributed by atoms with Crippen molar-refractivity contribution >= 4 is 21.6 Å². The van der Waals surface area contributed by atoms with Crippen LogP contribution in [-0.2, 0) is 11.9 Å². The normalized spacial score (nSPS) is 10.3. The van der Waals surface area contributed by atoms with Crippen molar-refractivity contribution in [1.29, 1.82) is 0 Å². The van der Waals surface area contributed by atoms with Gasteiger partial charge in [0, 0.05) is 23.2 Å². The topological polar surface area (TPSA) is 65.3 Å². The number of nitro benzene ring substituents is 1. The number of nitrogens with zero attached hydrogens (tertiary/aromatic N) is 2. The smallest absolute Gasteiger partial charge is 0.310 e. The van der Waals surface area contributed by atoms with Gasteiger partial charge >= 0.3 is 5.69 Å². The van der Waals surface area contributed by atoms with Gasteiger partial charge in [0.05, 0.1) is 11.1 Å². The van der Waals surface area contributed by atoms with Gasteiger partial charge in [-0.2, -0.15) is 0 Å². The van der Waals surface area contributed by atoms with Crippen molar-refractivity contribution < 1.29 is 14.1 Å². The van der Waals surface area contributed by atoms with Crippen molar-refractivity contribution in [1.82, 2.24) is 4.98 Å². The molecule has 0 aliphatic rings. The molecule has 0 unspecified atom stereocenters. The fourth-order valence-corrected chi connectivity index (χ4v) is 1.95. The van der Waals surface area contributed by atoms with Crippen LogP contribution < -0.4 is 4.74 Å². The van der Waals surface area contributed by atoms with E-state index >= 15 is 0 Å². The van der Waals surface area contributed by atoms with Gasteiger partial charge in [0.25, 0.3) is 0 Å². The van der Waals surface area contributed by atoms with E-state index in [2.05, 4.69) is 20.9 Å². The molecule has 20 heavy (non-hydrogen) atoms. The minimum Gasteiger partial charge on any atom is -0.482 e. The third-order valence-electron chi connectivity index (χ3n) is 2.53. The Morgan fingerprint density at radius 2 is 2.10 bits per heavy atom. The molecule has 0 bridgehead atoms. The number of hydrogen-bond donors (Lipinski definition) is 0. The van der Waals surface area contributed by atoms with E-state index in [1.165, 1.54) is 18.3 Å². The lowest BCUT2D eigenvalue weighted by atomic mass is 10.2. The molecule has 0 amide bonds. The third kappa shape index (κ3) is 3.51. The Morgan fingerprint density at radius 1 is 1.30 bits per heavy atom. The van der Waals surface area contributed by atoms with E-state index in [9.17, 15) is 14.5 Å². The number of halogens is 2. The number of nitro groups is 1. The molecule has 5 nitrogen and oxygen atoms in total. The lowest BCUT2D eigenvalue weighted by molar-refractivity contribution is -0.386. The number of ether oxygens (including phenoxy) is 1. The first-order valence-electron chi connectivity index (χ1n) is 5.65. The van der Waals surface area contributed by atoms with Crippen LogP contribution in [0.5, 0.6) is 5.75 Å². The van der Waals surface area contributed by atoms with Crippen LogP contribution in [0.25, 0.3) is 0 Å². The Balaban J connectivity index is 2.21. The highest BCUT2D eigenvalue weighted by Crippen LogP contribution is 2.29. The highest BCUT2D eigenvalue weighted by Gasteiger charge is 2.15. The van der Waals surface area contributed by atoms with Crippen LogP contribution in [0, 0.1) is 15.9 Å². The van der Waals surface area contributed by atoms with Gasteiger partial charge in [0.15, 0.2) is 5.75 Å². The molecule has 2 rings (SSSR count). The Bertz CT molecular complexity index is 637. The molecule has 1 heterocycles. The van der Waals surface area contributed by atoms with Crippen molar-refractivity contribution in [3.8, 4) is 5.75 Å². The molecule has 0 atom stereocenters. The van der Waals surface area contributed by atoms with Crippen LogP contribution in [0.3, 0.4) is 0 Å². The maximum Gasteiger partial charge on any atom is 0.310 e. The second-order valence-corrected chi connectivity index (χ2v) is 4.55. The van der Waals surface area contributed by atoms with Crippen LogP contribution in [0.1, 0.15) is 11.1 Å². The van der Waals surface area contributed by atoms with Gasteiger partial charge in [0.2, 0.25) is 0 Å². The first-order chi connectivity index (χ1) is 9.60. The van der Waals surface area contributed by atoms with Gasteiger partial charge < -0.3 is 4.74 Å². The largest absolute Gasteiger partial charge is 0.482 e. The summed E-state index contributed by atoms with van der Waals surface area (Å²) in [5, 5.41) is 11.5. The fraction of sp³-hybridized carbons (Fsp3) is 0.154. The molecule has 2 aromatic rings. The second-order valence-electron chi connectivity index (χ2n) is 3.99. The lowest BCUT2D eigenvalue weighted by Crippen LogP contribution is -2.00. The summed E-state index contributed by atoms with van der Waals surface area (Å²) >= 11 is 3.27. The number of alkyl halides is 1. The monoisotopic (exact) mass is 340 g/mol. The standard InChI is InChI=1S/C13H10BrFN2O3/c14-5-9-1-2-12(17(18)19)13(4-9)20-8-10-3-11(15)7-16-6-10/h1-4,6-7H,5,8H2. The van der Waals surface area contributed by atoms with Crippen molar-refractivity contribution in [3.05, 3.63) is 63.7 Å². The summed E-state index contributed by atoms with van der Waals surface area (Å²) in [6.45, 7) is 0.0112. The van der Waals surface area contributed by atoms with E-state index in [0.29, 0.717) is 10.9 Å². The fourth-order valence-electron chi connectivity index (χ4n) is 1.60. The third-order valence-corrected chi connectivity index (χ3v) is 3.18. The predicted octanol–water partition coefficient (Wildman–Crippen LogP) is 3.60. The Hall–Kier alpha value is -2.02. The van der Waals surface area contributed by atoms with E-state index in [-0.39, 0.29) is 18.0 Å². The zero-order valence-electron chi connectivity index (χ0n) is 10.3. The lowest BCUT2D eigenvalue weighted by Gasteiger charge is -2.08. The number of pyridine rings is 1. The molecule has 104 valence electrons. The van der Waals surface area contributed by atoms with Gasteiger partial charge in [-0.15, -0.1) is 0 Å². The molecule has 7 heteroatoms. The highest BCUT2D eigenvalue weighted by molar-refractivity contribution is 9.08. The molecular weight excluding hydrogens is 331 g/mol. The SMILES string of the molecule is O=[N+]([O-])c1ccc(CBr)cc1OCc1cncc(F)c1. The molecule has 0 N–H and O–H groups in total. The number of hydrogen-bond acceptors (Lipinski definition) is 4. The molecule has 0 saturated heterocycles. The Morgan fingerprint density at radius 3 is 2.75 bits per heavy atom. The summed E-state index contributed by atoms with van der Waals surface area (Å²) in [6, 6.07) is 5.88. The predicted molar refractivity (Wildman–Crippen MR) is 74.3 cm³/mol. The molecule has 0 radical (unpaired) electrons. The molecular formula is C13H10BrFN2O3. The summed E-state index contributed by atoms with van der Waals surface area (Å²) < 4.78 is 18.4. The maximum atomic E-state index is 13.0. The molecule has 0 fully saturated rings. The van der Waals surface area contributed by atoms with E-state index < -0.39 is 10.7 Å². The van der Waals surface area contributed by atoms with Crippen molar-refractivity contribution in [2.75, 3.05) is 0 Å². The highest BCUT2D eigenvalue weighted by atomic mass is 79.9. The second kappa shape index (κ2) is 6.42. The first kappa shape index (κ1) is 14.4. The average Bonchev–Trinajstić information content (AvgIpc) is 2.44. The van der Waals surface area contributed by atoms with Crippen molar-refractivity contribution in [3.63, 3.8) is 0 Å². The summed E-state index contributed by atoms with van der Waals surface area (Å²) in [7, 11) is 0. The van der Waals surface area contributed by atoms with Crippen LogP contribution in [0.15, 0.2) is 36.7 Å². The van der Waals surface area contributed by atoms with Crippen molar-refractivity contribution in [2.45, 2.75) is 11.9 Å². The number of aromatic nitrogens is 1. The number of rotatable bonds is 5. The van der Waals surface area contributed by atoms with Gasteiger partial charge in [-0.1, -0.05) is 22.0 Å². The van der Waals surface area contributed by atoms with Crippen LogP contribution in [0.4, 0.5) is 10.1 Å². The minimum absolute atomic E-state index is 0.0112. The average molecular weight is 341 g/mol. The molecule has 1 aromatic carbocycles. The van der Waals surface area contributed by atoms with Gasteiger partial charge in [0.1, 0.15) is 12.4 Å². The van der Waals surface area contributed by atoms with Gasteiger partial charge in [-0.3, -0.25) is 15.1 Å².